The summed E-state index contributed by atoms with van der Waals surface area (Å²) in [5, 5.41) is 0. The number of rotatable bonds is 3. The summed E-state index contributed by atoms with van der Waals surface area (Å²) in [6.45, 7) is 8.28. The molecule has 0 spiro atoms. The maximum absolute atomic E-state index is 11.7. The molecule has 0 amide bonds. The standard InChI is InChI=1S/C14H20N2O2/c1-8(2)12-15-6-9(7-16-12)10-11(13(17)18-5)14(10,3)4/h6-8,10-11H,1-5H3/t10-,11+/m0/s1. The second kappa shape index (κ2) is 4.34. The lowest BCUT2D eigenvalue weighted by Gasteiger charge is -2.05. The van der Waals surface area contributed by atoms with Crippen LogP contribution in [0.3, 0.4) is 0 Å². The van der Waals surface area contributed by atoms with E-state index in [1.165, 1.54) is 7.11 Å². The van der Waals surface area contributed by atoms with Gasteiger partial charge in [-0.05, 0) is 11.0 Å². The average molecular weight is 248 g/mol. The molecule has 18 heavy (non-hydrogen) atoms. The Morgan fingerprint density at radius 2 is 1.89 bits per heavy atom. The van der Waals surface area contributed by atoms with Gasteiger partial charge in [0.25, 0.3) is 0 Å². The zero-order valence-corrected chi connectivity index (χ0v) is 11.6. The van der Waals surface area contributed by atoms with Crippen LogP contribution in [0.4, 0.5) is 0 Å². The molecule has 0 aliphatic heterocycles. The number of esters is 1. The van der Waals surface area contributed by atoms with Crippen LogP contribution in [0.25, 0.3) is 0 Å². The highest BCUT2D eigenvalue weighted by atomic mass is 16.5. The number of carbonyl (C=O) groups is 1. The van der Waals surface area contributed by atoms with Gasteiger partial charge in [-0.25, -0.2) is 9.97 Å². The highest BCUT2D eigenvalue weighted by Crippen LogP contribution is 2.64. The molecule has 1 saturated carbocycles. The van der Waals surface area contributed by atoms with Crippen LogP contribution in [0.5, 0.6) is 0 Å². The first-order chi connectivity index (χ1) is 8.39. The first-order valence-corrected chi connectivity index (χ1v) is 6.29. The Labute approximate surface area is 108 Å². The van der Waals surface area contributed by atoms with Gasteiger partial charge >= 0.3 is 5.97 Å². The first kappa shape index (κ1) is 13.0. The number of hydrogen-bond acceptors (Lipinski definition) is 4. The zero-order valence-electron chi connectivity index (χ0n) is 11.6. The molecule has 0 bridgehead atoms. The summed E-state index contributed by atoms with van der Waals surface area (Å²) in [6, 6.07) is 0. The van der Waals surface area contributed by atoms with Gasteiger partial charge in [-0.3, -0.25) is 4.79 Å². The smallest absolute Gasteiger partial charge is 0.309 e. The molecule has 1 heterocycles. The van der Waals surface area contributed by atoms with Gasteiger partial charge in [0, 0.05) is 24.2 Å². The van der Waals surface area contributed by atoms with Crippen molar-refractivity contribution in [3.63, 3.8) is 0 Å². The molecule has 0 N–H and O–H groups in total. The van der Waals surface area contributed by atoms with Gasteiger partial charge in [-0.1, -0.05) is 27.7 Å². The van der Waals surface area contributed by atoms with Gasteiger partial charge in [0.15, 0.2) is 0 Å². The summed E-state index contributed by atoms with van der Waals surface area (Å²) in [7, 11) is 1.44. The molecule has 4 nitrogen and oxygen atoms in total. The van der Waals surface area contributed by atoms with Gasteiger partial charge in [0.2, 0.25) is 0 Å². The molecule has 1 aromatic heterocycles. The van der Waals surface area contributed by atoms with Crippen LogP contribution >= 0.6 is 0 Å². The van der Waals surface area contributed by atoms with Crippen molar-refractivity contribution in [2.24, 2.45) is 11.3 Å². The molecule has 98 valence electrons. The number of ether oxygens (including phenoxy) is 1. The Morgan fingerprint density at radius 3 is 2.33 bits per heavy atom. The Kier molecular flexibility index (Phi) is 3.13. The normalized spacial score (nSPS) is 25.0. The molecule has 4 heteroatoms. The van der Waals surface area contributed by atoms with Crippen LogP contribution in [0.2, 0.25) is 0 Å². The summed E-state index contributed by atoms with van der Waals surface area (Å²) in [4.78, 5) is 20.4. The fraction of sp³-hybridized carbons (Fsp3) is 0.643. The van der Waals surface area contributed by atoms with Crippen LogP contribution < -0.4 is 0 Å². The molecule has 1 aliphatic carbocycles. The monoisotopic (exact) mass is 248 g/mol. The summed E-state index contributed by atoms with van der Waals surface area (Å²) in [5.74, 6) is 1.12. The van der Waals surface area contributed by atoms with E-state index in [1.54, 1.807) is 0 Å². The molecule has 2 atom stereocenters. The van der Waals surface area contributed by atoms with E-state index in [4.69, 9.17) is 4.74 Å². The lowest BCUT2D eigenvalue weighted by molar-refractivity contribution is -0.143. The third-order valence-corrected chi connectivity index (χ3v) is 3.85. The van der Waals surface area contributed by atoms with Crippen LogP contribution in [-0.4, -0.2) is 23.0 Å². The van der Waals surface area contributed by atoms with E-state index in [2.05, 4.69) is 37.7 Å². The Bertz CT molecular complexity index is 451. The topological polar surface area (TPSA) is 52.1 Å². The Balaban J connectivity index is 2.21. The second-order valence-electron chi connectivity index (χ2n) is 5.83. The Morgan fingerprint density at radius 1 is 1.33 bits per heavy atom. The number of nitrogens with zero attached hydrogens (tertiary/aromatic N) is 2. The number of methoxy groups -OCH3 is 1. The maximum atomic E-state index is 11.7. The largest absolute Gasteiger partial charge is 0.469 e. The van der Waals surface area contributed by atoms with Crippen molar-refractivity contribution in [2.45, 2.75) is 39.5 Å². The minimum Gasteiger partial charge on any atom is -0.469 e. The SMILES string of the molecule is COC(=O)[C@H]1[C@H](c2cnc(C(C)C)nc2)C1(C)C. The van der Waals surface area contributed by atoms with Crippen molar-refractivity contribution in [1.82, 2.24) is 9.97 Å². The van der Waals surface area contributed by atoms with Crippen molar-refractivity contribution in [2.75, 3.05) is 7.11 Å². The van der Waals surface area contributed by atoms with Crippen molar-refractivity contribution < 1.29 is 9.53 Å². The summed E-state index contributed by atoms with van der Waals surface area (Å²) < 4.78 is 4.84. The molecular formula is C14H20N2O2. The summed E-state index contributed by atoms with van der Waals surface area (Å²) in [5.41, 5.74) is 0.968. The highest BCUT2D eigenvalue weighted by Gasteiger charge is 2.63. The molecule has 0 saturated heterocycles. The number of carbonyl (C=O) groups excluding carboxylic acids is 1. The van der Waals surface area contributed by atoms with Crippen LogP contribution in [-0.2, 0) is 9.53 Å². The highest BCUT2D eigenvalue weighted by molar-refractivity contribution is 5.79. The molecule has 1 aromatic rings. The fourth-order valence-electron chi connectivity index (χ4n) is 2.63. The third kappa shape index (κ3) is 2.00. The van der Waals surface area contributed by atoms with Gasteiger partial charge in [-0.2, -0.15) is 0 Å². The van der Waals surface area contributed by atoms with E-state index in [9.17, 15) is 4.79 Å². The number of aromatic nitrogens is 2. The summed E-state index contributed by atoms with van der Waals surface area (Å²) in [6.07, 6.45) is 3.69. The van der Waals surface area contributed by atoms with E-state index < -0.39 is 0 Å². The predicted octanol–water partition coefficient (Wildman–Crippen LogP) is 2.51. The van der Waals surface area contributed by atoms with Gasteiger partial charge in [-0.15, -0.1) is 0 Å². The third-order valence-electron chi connectivity index (χ3n) is 3.85. The summed E-state index contributed by atoms with van der Waals surface area (Å²) >= 11 is 0. The molecule has 0 unspecified atom stereocenters. The lowest BCUT2D eigenvalue weighted by atomic mass is 10.1. The van der Waals surface area contributed by atoms with Crippen molar-refractivity contribution in [1.29, 1.82) is 0 Å². The van der Waals surface area contributed by atoms with Crippen LogP contribution in [0.15, 0.2) is 12.4 Å². The van der Waals surface area contributed by atoms with E-state index in [-0.39, 0.29) is 23.2 Å². The molecule has 0 aromatic carbocycles. The van der Waals surface area contributed by atoms with Crippen molar-refractivity contribution >= 4 is 5.97 Å². The molecule has 2 rings (SSSR count). The van der Waals surface area contributed by atoms with E-state index in [0.29, 0.717) is 5.92 Å². The second-order valence-corrected chi connectivity index (χ2v) is 5.83. The van der Waals surface area contributed by atoms with Crippen molar-refractivity contribution in [3.8, 4) is 0 Å². The molecule has 1 fully saturated rings. The number of hydrogen-bond donors (Lipinski definition) is 0. The minimum absolute atomic E-state index is 0.0597. The quantitative estimate of drug-likeness (QED) is 0.771. The van der Waals surface area contributed by atoms with Crippen molar-refractivity contribution in [3.05, 3.63) is 23.8 Å². The van der Waals surface area contributed by atoms with Crippen LogP contribution in [0, 0.1) is 11.3 Å². The minimum atomic E-state index is -0.141. The van der Waals surface area contributed by atoms with Gasteiger partial charge in [0.05, 0.1) is 13.0 Å². The molecular weight excluding hydrogens is 228 g/mol. The van der Waals surface area contributed by atoms with Gasteiger partial charge in [0.1, 0.15) is 5.82 Å². The van der Waals surface area contributed by atoms with E-state index in [0.717, 1.165) is 11.4 Å². The van der Waals surface area contributed by atoms with Gasteiger partial charge < -0.3 is 4.74 Å². The van der Waals surface area contributed by atoms with Crippen LogP contribution in [0.1, 0.15) is 50.9 Å². The van der Waals surface area contributed by atoms with E-state index >= 15 is 0 Å². The fourth-order valence-corrected chi connectivity index (χ4v) is 2.63. The average Bonchev–Trinajstić information content (AvgIpc) is 2.91. The molecule has 1 aliphatic rings. The maximum Gasteiger partial charge on any atom is 0.309 e. The van der Waals surface area contributed by atoms with E-state index in [1.807, 2.05) is 12.4 Å². The first-order valence-electron chi connectivity index (χ1n) is 6.29. The lowest BCUT2D eigenvalue weighted by Crippen LogP contribution is -2.07. The molecule has 0 radical (unpaired) electrons. The Hall–Kier alpha value is -1.45. The zero-order chi connectivity index (χ0) is 13.5. The predicted molar refractivity (Wildman–Crippen MR) is 68.1 cm³/mol.